The van der Waals surface area contributed by atoms with Gasteiger partial charge in [0.2, 0.25) is 0 Å². The number of benzene rings is 1. The Morgan fingerprint density at radius 3 is 2.65 bits per heavy atom. The summed E-state index contributed by atoms with van der Waals surface area (Å²) in [5.74, 6) is 0.881. The highest BCUT2D eigenvalue weighted by atomic mass is 32.1. The van der Waals surface area contributed by atoms with Crippen LogP contribution in [0.25, 0.3) is 10.4 Å². The number of ether oxygens (including phenoxy) is 1. The summed E-state index contributed by atoms with van der Waals surface area (Å²) in [5, 5.41) is 7.76. The molecule has 102 valence electrons. The highest BCUT2D eigenvalue weighted by Crippen LogP contribution is 2.29. The van der Waals surface area contributed by atoms with Gasteiger partial charge in [-0.3, -0.25) is 0 Å². The molecule has 0 fully saturated rings. The molecule has 20 heavy (non-hydrogen) atoms. The van der Waals surface area contributed by atoms with Crippen LogP contribution in [0.15, 0.2) is 53.2 Å². The predicted octanol–water partition coefficient (Wildman–Crippen LogP) is 5.10. The number of nitrogens with one attached hydrogen (secondary N) is 1. The van der Waals surface area contributed by atoms with Crippen molar-refractivity contribution >= 4 is 28.4 Å². The highest BCUT2D eigenvalue weighted by Gasteiger charge is 2.03. The normalized spacial score (nSPS) is 10.4. The molecule has 2 heterocycles. The summed E-state index contributed by atoms with van der Waals surface area (Å²) in [6, 6.07) is 14.5. The molecule has 0 saturated carbocycles. The Hall–Kier alpha value is -1.78. The summed E-state index contributed by atoms with van der Waals surface area (Å²) in [6.45, 7) is 0.850. The Morgan fingerprint density at radius 1 is 1.10 bits per heavy atom. The largest absolute Gasteiger partial charge is 0.497 e. The van der Waals surface area contributed by atoms with E-state index in [4.69, 9.17) is 4.74 Å². The molecular weight excluding hydrogens is 286 g/mol. The third kappa shape index (κ3) is 3.03. The minimum Gasteiger partial charge on any atom is -0.497 e. The van der Waals surface area contributed by atoms with Gasteiger partial charge < -0.3 is 10.1 Å². The van der Waals surface area contributed by atoms with Crippen molar-refractivity contribution in [1.29, 1.82) is 0 Å². The Morgan fingerprint density at radius 2 is 1.95 bits per heavy atom. The van der Waals surface area contributed by atoms with Crippen molar-refractivity contribution in [3.63, 3.8) is 0 Å². The van der Waals surface area contributed by atoms with Crippen molar-refractivity contribution in [2.45, 2.75) is 6.54 Å². The lowest BCUT2D eigenvalue weighted by molar-refractivity contribution is 0.415. The van der Waals surface area contributed by atoms with Gasteiger partial charge in [0.1, 0.15) is 5.75 Å². The summed E-state index contributed by atoms with van der Waals surface area (Å²) in [6.07, 6.45) is 0. The van der Waals surface area contributed by atoms with Crippen molar-refractivity contribution in [2.24, 2.45) is 0 Å². The van der Waals surface area contributed by atoms with Crippen LogP contribution in [-0.2, 0) is 6.54 Å². The number of thiophene rings is 2. The second kappa shape index (κ2) is 6.11. The first-order valence-corrected chi connectivity index (χ1v) is 8.10. The van der Waals surface area contributed by atoms with E-state index in [0.29, 0.717) is 0 Å². The van der Waals surface area contributed by atoms with E-state index in [1.165, 1.54) is 15.3 Å². The third-order valence-corrected chi connectivity index (χ3v) is 4.87. The van der Waals surface area contributed by atoms with E-state index in [9.17, 15) is 0 Å². The fourth-order valence-corrected chi connectivity index (χ4v) is 3.56. The molecule has 0 aliphatic rings. The smallest absolute Gasteiger partial charge is 0.119 e. The van der Waals surface area contributed by atoms with Crippen LogP contribution in [0.1, 0.15) is 4.88 Å². The summed E-state index contributed by atoms with van der Waals surface area (Å²) in [5.41, 5.74) is 2.42. The van der Waals surface area contributed by atoms with Gasteiger partial charge in [0.05, 0.1) is 7.11 Å². The van der Waals surface area contributed by atoms with E-state index in [-0.39, 0.29) is 0 Å². The average Bonchev–Trinajstić information content (AvgIpc) is 3.16. The fraction of sp³-hybridized carbons (Fsp3) is 0.125. The van der Waals surface area contributed by atoms with Gasteiger partial charge in [-0.15, -0.1) is 22.7 Å². The molecule has 0 unspecified atom stereocenters. The maximum atomic E-state index is 5.15. The summed E-state index contributed by atoms with van der Waals surface area (Å²) >= 11 is 3.57. The molecule has 3 rings (SSSR count). The number of hydrogen-bond donors (Lipinski definition) is 1. The molecule has 0 bridgehead atoms. The molecule has 0 aliphatic heterocycles. The van der Waals surface area contributed by atoms with E-state index in [1.807, 2.05) is 24.3 Å². The van der Waals surface area contributed by atoms with Crippen LogP contribution in [0, 0.1) is 0 Å². The Balaban J connectivity index is 1.63. The Kier molecular flexibility index (Phi) is 4.04. The van der Waals surface area contributed by atoms with Gasteiger partial charge >= 0.3 is 0 Å². The lowest BCUT2D eigenvalue weighted by Crippen LogP contribution is -1.96. The average molecular weight is 301 g/mol. The van der Waals surface area contributed by atoms with E-state index in [2.05, 4.69) is 34.3 Å². The van der Waals surface area contributed by atoms with Crippen LogP contribution in [-0.4, -0.2) is 7.11 Å². The van der Waals surface area contributed by atoms with Crippen molar-refractivity contribution in [1.82, 2.24) is 0 Å². The molecule has 0 atom stereocenters. The SMILES string of the molecule is COc1ccc(NCc2cc(-c3cccs3)cs2)cc1. The van der Waals surface area contributed by atoms with Gasteiger partial charge in [-0.25, -0.2) is 0 Å². The Bertz CT molecular complexity index is 656. The van der Waals surface area contributed by atoms with Crippen LogP contribution in [0.4, 0.5) is 5.69 Å². The second-order valence-electron chi connectivity index (χ2n) is 4.36. The van der Waals surface area contributed by atoms with E-state index in [0.717, 1.165) is 18.0 Å². The van der Waals surface area contributed by atoms with E-state index >= 15 is 0 Å². The molecule has 0 aliphatic carbocycles. The molecule has 0 spiro atoms. The third-order valence-electron chi connectivity index (χ3n) is 3.02. The molecule has 1 N–H and O–H groups in total. The number of hydrogen-bond acceptors (Lipinski definition) is 4. The molecule has 1 aromatic carbocycles. The minimum absolute atomic E-state index is 0.850. The van der Waals surface area contributed by atoms with Crippen molar-refractivity contribution in [2.75, 3.05) is 12.4 Å². The maximum Gasteiger partial charge on any atom is 0.119 e. The number of anilines is 1. The van der Waals surface area contributed by atoms with Crippen LogP contribution >= 0.6 is 22.7 Å². The first kappa shape index (κ1) is 13.2. The van der Waals surface area contributed by atoms with E-state index in [1.54, 1.807) is 29.8 Å². The van der Waals surface area contributed by atoms with Gasteiger partial charge in [0.25, 0.3) is 0 Å². The summed E-state index contributed by atoms with van der Waals surface area (Å²) in [4.78, 5) is 2.67. The van der Waals surface area contributed by atoms with Crippen LogP contribution in [0.2, 0.25) is 0 Å². The zero-order chi connectivity index (χ0) is 13.8. The number of rotatable bonds is 5. The molecule has 2 aromatic heterocycles. The second-order valence-corrected chi connectivity index (χ2v) is 6.30. The monoisotopic (exact) mass is 301 g/mol. The summed E-state index contributed by atoms with van der Waals surface area (Å²) in [7, 11) is 1.68. The van der Waals surface area contributed by atoms with Crippen molar-refractivity contribution < 1.29 is 4.74 Å². The topological polar surface area (TPSA) is 21.3 Å². The van der Waals surface area contributed by atoms with Crippen molar-refractivity contribution in [3.8, 4) is 16.2 Å². The molecular formula is C16H15NOS2. The first-order chi connectivity index (χ1) is 9.85. The fourth-order valence-electron chi connectivity index (χ4n) is 1.94. The van der Waals surface area contributed by atoms with Gasteiger partial charge in [-0.05, 0) is 47.2 Å². The van der Waals surface area contributed by atoms with E-state index < -0.39 is 0 Å². The predicted molar refractivity (Wildman–Crippen MR) is 88.0 cm³/mol. The summed E-state index contributed by atoms with van der Waals surface area (Å²) < 4.78 is 5.15. The first-order valence-electron chi connectivity index (χ1n) is 6.34. The van der Waals surface area contributed by atoms with Crippen LogP contribution in [0.5, 0.6) is 5.75 Å². The molecule has 0 amide bonds. The molecule has 0 radical (unpaired) electrons. The molecule has 0 saturated heterocycles. The van der Waals surface area contributed by atoms with Gasteiger partial charge in [-0.1, -0.05) is 6.07 Å². The molecule has 3 aromatic rings. The zero-order valence-corrected chi connectivity index (χ0v) is 12.8. The van der Waals surface area contributed by atoms with Gasteiger partial charge in [-0.2, -0.15) is 0 Å². The quantitative estimate of drug-likeness (QED) is 0.708. The minimum atomic E-state index is 0.850. The molecule has 2 nitrogen and oxygen atoms in total. The van der Waals surface area contributed by atoms with Gasteiger partial charge in [0, 0.05) is 27.5 Å². The van der Waals surface area contributed by atoms with Crippen LogP contribution in [0.3, 0.4) is 0 Å². The molecule has 4 heteroatoms. The standard InChI is InChI=1S/C16H15NOS2/c1-18-14-6-4-13(5-7-14)17-10-15-9-12(11-20-15)16-3-2-8-19-16/h2-9,11,17H,10H2,1H3. The maximum absolute atomic E-state index is 5.15. The lowest BCUT2D eigenvalue weighted by atomic mass is 10.2. The Labute approximate surface area is 126 Å². The lowest BCUT2D eigenvalue weighted by Gasteiger charge is -2.05. The number of methoxy groups -OCH3 is 1. The van der Waals surface area contributed by atoms with Gasteiger partial charge in [0.15, 0.2) is 0 Å². The highest BCUT2D eigenvalue weighted by molar-refractivity contribution is 7.14. The van der Waals surface area contributed by atoms with Crippen molar-refractivity contribution in [3.05, 3.63) is 58.1 Å². The van der Waals surface area contributed by atoms with Crippen LogP contribution < -0.4 is 10.1 Å². The zero-order valence-electron chi connectivity index (χ0n) is 11.1.